The molecule has 0 heteroatoms. The Morgan fingerprint density at radius 2 is 1.62 bits per heavy atom. The molecule has 0 nitrogen and oxygen atoms in total. The average molecular weight is 216 g/mol. The Balaban J connectivity index is 2.32. The molecule has 0 amide bonds. The second-order valence-corrected chi connectivity index (χ2v) is 5.78. The van der Waals surface area contributed by atoms with Crippen LogP contribution in [0.25, 0.3) is 0 Å². The van der Waals surface area contributed by atoms with E-state index in [2.05, 4.69) is 39.8 Å². The molecule has 88 valence electrons. The Labute approximate surface area is 100 Å². The van der Waals surface area contributed by atoms with Crippen LogP contribution in [0.5, 0.6) is 0 Å². The third-order valence-electron chi connectivity index (χ3n) is 4.08. The van der Waals surface area contributed by atoms with Crippen molar-refractivity contribution in [2.24, 2.45) is 5.92 Å². The molecule has 0 bridgehead atoms. The van der Waals surface area contributed by atoms with Gasteiger partial charge in [0.25, 0.3) is 0 Å². The summed E-state index contributed by atoms with van der Waals surface area (Å²) in [6.45, 7) is 9.18. The van der Waals surface area contributed by atoms with Gasteiger partial charge in [0.05, 0.1) is 0 Å². The van der Waals surface area contributed by atoms with Gasteiger partial charge in [0.15, 0.2) is 0 Å². The van der Waals surface area contributed by atoms with E-state index < -0.39 is 0 Å². The van der Waals surface area contributed by atoms with Crippen LogP contribution < -0.4 is 0 Å². The van der Waals surface area contributed by atoms with Gasteiger partial charge in [-0.1, -0.05) is 37.5 Å². The van der Waals surface area contributed by atoms with Crippen molar-refractivity contribution in [2.45, 2.75) is 59.3 Å². The lowest BCUT2D eigenvalue weighted by Crippen LogP contribution is -2.14. The van der Waals surface area contributed by atoms with E-state index >= 15 is 0 Å². The molecule has 0 spiro atoms. The Kier molecular flexibility index (Phi) is 3.37. The second kappa shape index (κ2) is 4.61. The fourth-order valence-electron chi connectivity index (χ4n) is 3.53. The minimum absolute atomic E-state index is 0.823. The van der Waals surface area contributed by atoms with Crippen LogP contribution in [0.1, 0.15) is 60.8 Å². The molecule has 0 aromatic heterocycles. The summed E-state index contributed by atoms with van der Waals surface area (Å²) in [4.78, 5) is 0. The molecule has 0 radical (unpaired) electrons. The van der Waals surface area contributed by atoms with Crippen molar-refractivity contribution in [1.29, 1.82) is 0 Å². The summed E-state index contributed by atoms with van der Waals surface area (Å²) in [5, 5.41) is 0. The molecule has 2 rings (SSSR count). The zero-order valence-electron chi connectivity index (χ0n) is 11.1. The third kappa shape index (κ3) is 2.31. The molecule has 2 unspecified atom stereocenters. The summed E-state index contributed by atoms with van der Waals surface area (Å²) >= 11 is 0. The Morgan fingerprint density at radius 1 is 1.00 bits per heavy atom. The van der Waals surface area contributed by atoms with Crippen LogP contribution in [0.15, 0.2) is 12.1 Å². The summed E-state index contributed by atoms with van der Waals surface area (Å²) in [5.41, 5.74) is 6.08. The fourth-order valence-corrected chi connectivity index (χ4v) is 3.53. The van der Waals surface area contributed by atoms with Gasteiger partial charge in [-0.3, -0.25) is 0 Å². The van der Waals surface area contributed by atoms with E-state index in [1.165, 1.54) is 42.4 Å². The highest BCUT2D eigenvalue weighted by molar-refractivity contribution is 5.40. The zero-order chi connectivity index (χ0) is 11.7. The van der Waals surface area contributed by atoms with Crippen molar-refractivity contribution in [3.63, 3.8) is 0 Å². The number of hydrogen-bond donors (Lipinski definition) is 0. The third-order valence-corrected chi connectivity index (χ3v) is 4.08. The van der Waals surface area contributed by atoms with E-state index in [0.717, 1.165) is 11.8 Å². The molecule has 1 aliphatic rings. The first-order chi connectivity index (χ1) is 7.58. The summed E-state index contributed by atoms with van der Waals surface area (Å²) < 4.78 is 0. The number of benzene rings is 1. The number of rotatable bonds is 1. The van der Waals surface area contributed by atoms with Crippen LogP contribution >= 0.6 is 0 Å². The molecule has 2 atom stereocenters. The van der Waals surface area contributed by atoms with Gasteiger partial charge in [0.1, 0.15) is 0 Å². The molecular formula is C16H24. The lowest BCUT2D eigenvalue weighted by molar-refractivity contribution is 0.342. The van der Waals surface area contributed by atoms with Gasteiger partial charge in [-0.25, -0.2) is 0 Å². The summed E-state index contributed by atoms with van der Waals surface area (Å²) in [6.07, 6.45) is 5.64. The van der Waals surface area contributed by atoms with Crippen LogP contribution in [-0.4, -0.2) is 0 Å². The van der Waals surface area contributed by atoms with E-state index in [9.17, 15) is 0 Å². The van der Waals surface area contributed by atoms with E-state index in [-0.39, 0.29) is 0 Å². The number of hydrogen-bond acceptors (Lipinski definition) is 0. The van der Waals surface area contributed by atoms with E-state index in [0.29, 0.717) is 0 Å². The van der Waals surface area contributed by atoms with E-state index in [4.69, 9.17) is 0 Å². The molecule has 1 aliphatic carbocycles. The molecule has 1 aromatic carbocycles. The predicted octanol–water partition coefficient (Wildman–Crippen LogP) is 4.91. The minimum atomic E-state index is 0.823. The molecule has 1 aromatic rings. The largest absolute Gasteiger partial charge is 0.0625 e. The van der Waals surface area contributed by atoms with Crippen molar-refractivity contribution < 1.29 is 0 Å². The molecule has 1 fully saturated rings. The van der Waals surface area contributed by atoms with Gasteiger partial charge in [0.2, 0.25) is 0 Å². The average Bonchev–Trinajstić information content (AvgIpc) is 2.15. The van der Waals surface area contributed by atoms with Gasteiger partial charge in [-0.15, -0.1) is 0 Å². The van der Waals surface area contributed by atoms with Gasteiger partial charge >= 0.3 is 0 Å². The van der Waals surface area contributed by atoms with Crippen molar-refractivity contribution in [3.05, 3.63) is 34.4 Å². The normalized spacial score (nSPS) is 25.8. The Morgan fingerprint density at radius 3 is 2.19 bits per heavy atom. The molecular weight excluding hydrogens is 192 g/mol. The fraction of sp³-hybridized carbons (Fsp3) is 0.625. The van der Waals surface area contributed by atoms with Gasteiger partial charge < -0.3 is 0 Å². The maximum Gasteiger partial charge on any atom is -0.0154 e. The zero-order valence-corrected chi connectivity index (χ0v) is 11.1. The van der Waals surface area contributed by atoms with Gasteiger partial charge in [-0.2, -0.15) is 0 Å². The number of aryl methyl sites for hydroxylation is 3. The Hall–Kier alpha value is -0.780. The first-order valence-electron chi connectivity index (χ1n) is 6.65. The first-order valence-corrected chi connectivity index (χ1v) is 6.65. The summed E-state index contributed by atoms with van der Waals surface area (Å²) in [5.74, 6) is 1.74. The van der Waals surface area contributed by atoms with Crippen molar-refractivity contribution in [2.75, 3.05) is 0 Å². The Bertz CT molecular complexity index is 353. The first kappa shape index (κ1) is 11.7. The highest BCUT2D eigenvalue weighted by Crippen LogP contribution is 2.38. The van der Waals surface area contributed by atoms with Crippen molar-refractivity contribution in [1.82, 2.24) is 0 Å². The van der Waals surface area contributed by atoms with Crippen LogP contribution in [0.3, 0.4) is 0 Å². The maximum atomic E-state index is 2.41. The summed E-state index contributed by atoms with van der Waals surface area (Å²) in [6, 6.07) is 4.70. The van der Waals surface area contributed by atoms with Crippen molar-refractivity contribution in [3.8, 4) is 0 Å². The maximum absolute atomic E-state index is 2.41. The van der Waals surface area contributed by atoms with Crippen LogP contribution in [0.4, 0.5) is 0 Å². The second-order valence-electron chi connectivity index (χ2n) is 5.78. The lowest BCUT2D eigenvalue weighted by atomic mass is 9.76. The highest BCUT2D eigenvalue weighted by atomic mass is 14.3. The molecule has 0 N–H and O–H groups in total. The molecule has 0 heterocycles. The summed E-state index contributed by atoms with van der Waals surface area (Å²) in [7, 11) is 0. The van der Waals surface area contributed by atoms with Gasteiger partial charge in [0, 0.05) is 0 Å². The van der Waals surface area contributed by atoms with Crippen LogP contribution in [-0.2, 0) is 0 Å². The lowest BCUT2D eigenvalue weighted by Gasteiger charge is -2.29. The van der Waals surface area contributed by atoms with Gasteiger partial charge in [-0.05, 0) is 62.1 Å². The standard InChI is InChI=1S/C16H24/c1-11-6-5-7-15(10-11)16-13(3)8-12(2)9-14(16)4/h8-9,11,15H,5-7,10H2,1-4H3. The highest BCUT2D eigenvalue weighted by Gasteiger charge is 2.22. The topological polar surface area (TPSA) is 0 Å². The van der Waals surface area contributed by atoms with Crippen LogP contribution in [0.2, 0.25) is 0 Å². The minimum Gasteiger partial charge on any atom is -0.0625 e. The van der Waals surface area contributed by atoms with E-state index in [1.54, 1.807) is 5.56 Å². The molecule has 0 aliphatic heterocycles. The molecule has 16 heavy (non-hydrogen) atoms. The van der Waals surface area contributed by atoms with E-state index in [1.807, 2.05) is 0 Å². The van der Waals surface area contributed by atoms with Crippen LogP contribution in [0, 0.1) is 26.7 Å². The smallest absolute Gasteiger partial charge is 0.0154 e. The SMILES string of the molecule is Cc1cc(C)c(C2CCCC(C)C2)c(C)c1. The monoisotopic (exact) mass is 216 g/mol. The van der Waals surface area contributed by atoms with Crippen molar-refractivity contribution >= 4 is 0 Å². The molecule has 0 saturated heterocycles. The molecule has 1 saturated carbocycles. The quantitative estimate of drug-likeness (QED) is 0.626. The predicted molar refractivity (Wildman–Crippen MR) is 71.0 cm³/mol.